The van der Waals surface area contributed by atoms with E-state index in [1.54, 1.807) is 36.4 Å². The van der Waals surface area contributed by atoms with Crippen LogP contribution in [0.1, 0.15) is 28.7 Å². The van der Waals surface area contributed by atoms with E-state index in [9.17, 15) is 25.5 Å². The fourth-order valence-electron chi connectivity index (χ4n) is 4.60. The van der Waals surface area contributed by atoms with Gasteiger partial charge in [0.05, 0.1) is 40.0 Å². The van der Waals surface area contributed by atoms with Gasteiger partial charge in [0.25, 0.3) is 0 Å². The van der Waals surface area contributed by atoms with Crippen LogP contribution in [-0.4, -0.2) is 95.4 Å². The third-order valence-electron chi connectivity index (χ3n) is 6.56. The average Bonchev–Trinajstić information content (AvgIpc) is 3.30. The summed E-state index contributed by atoms with van der Waals surface area (Å²) < 4.78 is 28.4. The maximum atomic E-state index is 10.3. The first-order valence-electron chi connectivity index (χ1n) is 11.8. The van der Waals surface area contributed by atoms with E-state index in [0.717, 1.165) is 11.1 Å². The van der Waals surface area contributed by atoms with Crippen LogP contribution < -0.4 is 18.9 Å². The first-order chi connectivity index (χ1) is 17.9. The molecular weight excluding hydrogens is 488 g/mol. The van der Waals surface area contributed by atoms with Crippen molar-refractivity contribution in [1.29, 1.82) is 0 Å². The molecule has 0 radical (unpaired) electrons. The minimum Gasteiger partial charge on any atom is -0.493 e. The number of benzene rings is 2. The van der Waals surface area contributed by atoms with Gasteiger partial charge < -0.3 is 54.3 Å². The Balaban J connectivity index is 1.61. The van der Waals surface area contributed by atoms with E-state index in [4.69, 9.17) is 28.8 Å². The quantitative estimate of drug-likeness (QED) is 0.265. The molecule has 2 unspecified atom stereocenters. The average molecular weight is 521 g/mol. The van der Waals surface area contributed by atoms with E-state index in [1.807, 2.05) is 6.07 Å². The van der Waals surface area contributed by atoms with Crippen molar-refractivity contribution in [2.45, 2.75) is 42.7 Å². The molecule has 2 aliphatic rings. The molecule has 11 nitrogen and oxygen atoms in total. The van der Waals surface area contributed by atoms with Crippen LogP contribution in [0.2, 0.25) is 0 Å². The van der Waals surface area contributed by atoms with Crippen LogP contribution in [-0.2, 0) is 4.74 Å². The normalized spacial score (nSPS) is 29.1. The second-order valence-electron chi connectivity index (χ2n) is 8.78. The van der Waals surface area contributed by atoms with E-state index in [-0.39, 0.29) is 24.7 Å². The van der Waals surface area contributed by atoms with E-state index in [0.29, 0.717) is 17.1 Å². The molecule has 0 bridgehead atoms. The molecule has 202 valence electrons. The molecule has 1 saturated heterocycles. The fraction of sp³-hybridized carbons (Fsp3) is 0.462. The van der Waals surface area contributed by atoms with Gasteiger partial charge in [-0.15, -0.1) is 0 Å². The van der Waals surface area contributed by atoms with Crippen LogP contribution in [0.3, 0.4) is 0 Å². The highest BCUT2D eigenvalue weighted by Crippen LogP contribution is 2.51. The fourth-order valence-corrected chi connectivity index (χ4v) is 4.60. The molecule has 2 aromatic rings. The number of aliphatic hydroxyl groups excluding tert-OH is 6. The number of aliphatic hydroxyl groups is 6. The van der Waals surface area contributed by atoms with Gasteiger partial charge in [0.1, 0.15) is 30.5 Å². The number of fused-ring (bicyclic) bond motifs is 1. The van der Waals surface area contributed by atoms with Crippen LogP contribution in [0, 0.1) is 0 Å². The first kappa shape index (κ1) is 27.1. The van der Waals surface area contributed by atoms with E-state index >= 15 is 0 Å². The predicted molar refractivity (Wildman–Crippen MR) is 130 cm³/mol. The molecule has 2 heterocycles. The van der Waals surface area contributed by atoms with Gasteiger partial charge >= 0.3 is 0 Å². The Morgan fingerprint density at radius 1 is 0.865 bits per heavy atom. The highest BCUT2D eigenvalue weighted by molar-refractivity contribution is 5.62. The summed E-state index contributed by atoms with van der Waals surface area (Å²) in [6, 6.07) is 8.60. The van der Waals surface area contributed by atoms with Gasteiger partial charge in [-0.05, 0) is 35.4 Å². The molecule has 0 aliphatic carbocycles. The summed E-state index contributed by atoms with van der Waals surface area (Å²) in [4.78, 5) is 0. The van der Waals surface area contributed by atoms with E-state index < -0.39 is 49.3 Å². The predicted octanol–water partition coefficient (Wildman–Crippen LogP) is 0.0976. The second-order valence-corrected chi connectivity index (χ2v) is 8.78. The summed E-state index contributed by atoms with van der Waals surface area (Å²) >= 11 is 0. The molecular formula is C26H32O11. The van der Waals surface area contributed by atoms with Crippen molar-refractivity contribution in [2.24, 2.45) is 0 Å². The summed E-state index contributed by atoms with van der Waals surface area (Å²) in [7, 11) is 2.95. The third-order valence-corrected chi connectivity index (χ3v) is 6.56. The summed E-state index contributed by atoms with van der Waals surface area (Å²) in [6.07, 6.45) is -4.38. The molecule has 2 aromatic carbocycles. The van der Waals surface area contributed by atoms with Crippen molar-refractivity contribution in [3.8, 4) is 23.0 Å². The highest BCUT2D eigenvalue weighted by atomic mass is 16.7. The zero-order valence-electron chi connectivity index (χ0n) is 20.4. The topological polar surface area (TPSA) is 168 Å². The Kier molecular flexibility index (Phi) is 8.55. The molecule has 1 fully saturated rings. The van der Waals surface area contributed by atoms with Crippen LogP contribution in [0.4, 0.5) is 0 Å². The summed E-state index contributed by atoms with van der Waals surface area (Å²) in [5.74, 6) is 1.03. The maximum absolute atomic E-state index is 10.3. The standard InChI is InChI=1S/C26H32O11/c1-33-18-10-14(5-6-17(18)35-26-23(32)22(31)21(30)20(12-29)36-26)24-16(11-28)15-8-13(4-3-7-27)9-19(34-2)25(15)37-24/h3-6,8-10,16,20-24,26-32H,7,11-12H2,1-2H3/b4-3+/t16-,20+,21+,22-,23+,24?,26?/m0/s1. The van der Waals surface area contributed by atoms with Crippen LogP contribution in [0.15, 0.2) is 36.4 Å². The lowest BCUT2D eigenvalue weighted by Gasteiger charge is -2.39. The van der Waals surface area contributed by atoms with Crippen LogP contribution in [0.25, 0.3) is 6.08 Å². The largest absolute Gasteiger partial charge is 0.493 e. The minimum absolute atomic E-state index is 0.112. The van der Waals surface area contributed by atoms with Crippen molar-refractivity contribution < 1.29 is 54.3 Å². The number of hydrogen-bond acceptors (Lipinski definition) is 11. The summed E-state index contributed by atoms with van der Waals surface area (Å²) in [5, 5.41) is 59.1. The van der Waals surface area contributed by atoms with Crippen LogP contribution in [0.5, 0.6) is 23.0 Å². The molecule has 7 atom stereocenters. The molecule has 11 heteroatoms. The lowest BCUT2D eigenvalue weighted by Crippen LogP contribution is -2.60. The van der Waals surface area contributed by atoms with Crippen molar-refractivity contribution in [2.75, 3.05) is 34.0 Å². The van der Waals surface area contributed by atoms with Crippen molar-refractivity contribution in [3.05, 3.63) is 53.1 Å². The molecule has 37 heavy (non-hydrogen) atoms. The van der Waals surface area contributed by atoms with E-state index in [2.05, 4.69) is 0 Å². The SMILES string of the molecule is COc1cc(C2Oc3c(OC)cc(/C=C/CO)cc3[C@@H]2CO)ccc1OC1O[C@H](CO)[C@@H](O)[C@H](O)[C@H]1O. The highest BCUT2D eigenvalue weighted by Gasteiger charge is 2.45. The Hall–Kier alpha value is -2.90. The molecule has 6 N–H and O–H groups in total. The number of methoxy groups -OCH3 is 2. The third kappa shape index (κ3) is 5.25. The molecule has 0 aromatic heterocycles. The number of hydrogen-bond donors (Lipinski definition) is 6. The molecule has 4 rings (SSSR count). The second kappa shape index (κ2) is 11.7. The number of ether oxygens (including phenoxy) is 5. The molecule has 0 spiro atoms. The summed E-state index contributed by atoms with van der Waals surface area (Å²) in [6.45, 7) is -0.900. The van der Waals surface area contributed by atoms with Crippen molar-refractivity contribution in [1.82, 2.24) is 0 Å². The van der Waals surface area contributed by atoms with Gasteiger partial charge in [-0.3, -0.25) is 0 Å². The van der Waals surface area contributed by atoms with Gasteiger partial charge in [-0.1, -0.05) is 18.2 Å². The van der Waals surface area contributed by atoms with Gasteiger partial charge in [-0.2, -0.15) is 0 Å². The zero-order valence-corrected chi connectivity index (χ0v) is 20.4. The Morgan fingerprint density at radius 3 is 2.27 bits per heavy atom. The lowest BCUT2D eigenvalue weighted by atomic mass is 9.90. The van der Waals surface area contributed by atoms with Crippen LogP contribution >= 0.6 is 0 Å². The Morgan fingerprint density at radius 2 is 1.62 bits per heavy atom. The van der Waals surface area contributed by atoms with Gasteiger partial charge in [0.2, 0.25) is 6.29 Å². The monoisotopic (exact) mass is 520 g/mol. The maximum Gasteiger partial charge on any atom is 0.229 e. The van der Waals surface area contributed by atoms with Gasteiger partial charge in [0.15, 0.2) is 23.0 Å². The molecule has 2 aliphatic heterocycles. The lowest BCUT2D eigenvalue weighted by molar-refractivity contribution is -0.277. The van der Waals surface area contributed by atoms with Crippen molar-refractivity contribution in [3.63, 3.8) is 0 Å². The van der Waals surface area contributed by atoms with Gasteiger partial charge in [0, 0.05) is 5.56 Å². The zero-order chi connectivity index (χ0) is 26.7. The molecule has 0 amide bonds. The van der Waals surface area contributed by atoms with Gasteiger partial charge in [-0.25, -0.2) is 0 Å². The summed E-state index contributed by atoms with van der Waals surface area (Å²) in [5.41, 5.74) is 2.21. The first-order valence-corrected chi connectivity index (χ1v) is 11.8. The van der Waals surface area contributed by atoms with Crippen molar-refractivity contribution >= 4 is 6.08 Å². The van der Waals surface area contributed by atoms with E-state index in [1.165, 1.54) is 14.2 Å². The Labute approximate surface area is 213 Å². The minimum atomic E-state index is -1.58. The number of rotatable bonds is 9. The molecule has 0 saturated carbocycles. The Bertz CT molecular complexity index is 1100. The smallest absolute Gasteiger partial charge is 0.229 e.